The number of aromatic nitrogens is 2. The molecule has 0 bridgehead atoms. The van der Waals surface area contributed by atoms with Gasteiger partial charge in [-0.2, -0.15) is 10.2 Å². The van der Waals surface area contributed by atoms with E-state index in [4.69, 9.17) is 9.26 Å². The van der Waals surface area contributed by atoms with Gasteiger partial charge < -0.3 is 19.1 Å². The third-order valence-electron chi connectivity index (χ3n) is 7.03. The molecule has 200 valence electrons. The molecule has 5 rings (SSSR count). The molecule has 0 saturated carbocycles. The quantitative estimate of drug-likeness (QED) is 0.384. The molecule has 0 radical (unpaired) electrons. The van der Waals surface area contributed by atoms with Gasteiger partial charge in [0.2, 0.25) is 5.82 Å². The molecule has 0 aliphatic carbocycles. The largest absolute Gasteiger partial charge is 0.444 e. The average Bonchev–Trinajstić information content (AvgIpc) is 3.37. The van der Waals surface area contributed by atoms with Crippen LogP contribution in [0.2, 0.25) is 0 Å². The van der Waals surface area contributed by atoms with Crippen LogP contribution in [0.3, 0.4) is 0 Å². The number of halogens is 1. The Morgan fingerprint density at radius 3 is 2.63 bits per heavy atom. The van der Waals surface area contributed by atoms with E-state index in [1.165, 1.54) is 6.42 Å². The molecule has 1 amide bonds. The highest BCUT2D eigenvalue weighted by Crippen LogP contribution is 2.32. The monoisotopic (exact) mass is 535 g/mol. The van der Waals surface area contributed by atoms with Crippen LogP contribution >= 0.6 is 12.4 Å². The summed E-state index contributed by atoms with van der Waals surface area (Å²) in [5.41, 5.74) is 4.91. The van der Waals surface area contributed by atoms with Gasteiger partial charge in [-0.1, -0.05) is 17.3 Å². The summed E-state index contributed by atoms with van der Waals surface area (Å²) in [4.78, 5) is 21.2. The molecule has 1 fully saturated rings. The summed E-state index contributed by atoms with van der Waals surface area (Å²) >= 11 is 0. The van der Waals surface area contributed by atoms with Crippen LogP contribution in [0.4, 0.5) is 10.5 Å². The van der Waals surface area contributed by atoms with Crippen molar-refractivity contribution in [1.82, 2.24) is 15.0 Å². The number of amides is 1. The zero-order valence-electron chi connectivity index (χ0n) is 22.4. The predicted molar refractivity (Wildman–Crippen MR) is 148 cm³/mol. The van der Waals surface area contributed by atoms with Crippen LogP contribution in [-0.2, 0) is 17.7 Å². The van der Waals surface area contributed by atoms with Gasteiger partial charge in [-0.15, -0.1) is 12.4 Å². The molecule has 0 N–H and O–H groups in total. The first kappa shape index (κ1) is 27.5. The zero-order chi connectivity index (χ0) is 26.2. The molecule has 1 unspecified atom stereocenters. The molecule has 1 atom stereocenters. The van der Waals surface area contributed by atoms with Gasteiger partial charge in [-0.25, -0.2) is 4.79 Å². The Bertz CT molecular complexity index is 1360. The molecule has 2 aliphatic heterocycles. The molecule has 8 nitrogen and oxygen atoms in total. The fourth-order valence-electron chi connectivity index (χ4n) is 5.10. The fourth-order valence-corrected chi connectivity index (χ4v) is 5.10. The lowest BCUT2D eigenvalue weighted by Gasteiger charge is -2.36. The predicted octanol–water partition coefficient (Wildman–Crippen LogP) is 6.37. The van der Waals surface area contributed by atoms with Crippen molar-refractivity contribution in [3.63, 3.8) is 0 Å². The lowest BCUT2D eigenvalue weighted by Crippen LogP contribution is -2.39. The van der Waals surface area contributed by atoms with E-state index >= 15 is 0 Å². The van der Waals surface area contributed by atoms with Gasteiger partial charge in [0.05, 0.1) is 11.3 Å². The van der Waals surface area contributed by atoms with Crippen molar-refractivity contribution in [3.8, 4) is 28.9 Å². The summed E-state index contributed by atoms with van der Waals surface area (Å²) in [7, 11) is 0. The van der Waals surface area contributed by atoms with Gasteiger partial charge in [0.25, 0.3) is 5.89 Å². The normalized spacial score (nSPS) is 17.3. The SMILES string of the molecule is CC1CCCCN1c1ccc(-c2nc(-c3ccc4c(c3)CCN(C(=O)OC(C)(C)C)C4)no2)cc1C#N.Cl. The van der Waals surface area contributed by atoms with E-state index < -0.39 is 5.60 Å². The van der Waals surface area contributed by atoms with Gasteiger partial charge in [0, 0.05) is 36.8 Å². The molecule has 0 spiro atoms. The van der Waals surface area contributed by atoms with E-state index in [1.807, 2.05) is 51.1 Å². The number of fused-ring (bicyclic) bond motifs is 1. The van der Waals surface area contributed by atoms with Gasteiger partial charge in [0.15, 0.2) is 0 Å². The van der Waals surface area contributed by atoms with Crippen molar-refractivity contribution in [1.29, 1.82) is 5.26 Å². The molecular weight excluding hydrogens is 502 g/mol. The topological polar surface area (TPSA) is 95.5 Å². The Morgan fingerprint density at radius 2 is 1.89 bits per heavy atom. The van der Waals surface area contributed by atoms with Crippen LogP contribution in [-0.4, -0.2) is 45.9 Å². The minimum atomic E-state index is -0.516. The average molecular weight is 536 g/mol. The summed E-state index contributed by atoms with van der Waals surface area (Å²) < 4.78 is 11.1. The Hall–Kier alpha value is -3.57. The maximum Gasteiger partial charge on any atom is 0.410 e. The number of carbonyl (C=O) groups is 1. The minimum absolute atomic E-state index is 0. The van der Waals surface area contributed by atoms with E-state index in [2.05, 4.69) is 34.1 Å². The molecule has 3 aromatic rings. The highest BCUT2D eigenvalue weighted by atomic mass is 35.5. The van der Waals surface area contributed by atoms with Crippen molar-refractivity contribution in [2.45, 2.75) is 71.6 Å². The van der Waals surface area contributed by atoms with E-state index in [1.54, 1.807) is 4.90 Å². The third-order valence-corrected chi connectivity index (χ3v) is 7.03. The first-order chi connectivity index (χ1) is 17.7. The van der Waals surface area contributed by atoms with Gasteiger partial charge in [0.1, 0.15) is 11.7 Å². The first-order valence-electron chi connectivity index (χ1n) is 13.0. The van der Waals surface area contributed by atoms with Crippen molar-refractivity contribution in [3.05, 3.63) is 53.1 Å². The summed E-state index contributed by atoms with van der Waals surface area (Å²) in [5.74, 6) is 0.887. The van der Waals surface area contributed by atoms with Crippen LogP contribution in [0.25, 0.3) is 22.8 Å². The summed E-state index contributed by atoms with van der Waals surface area (Å²) in [6, 6.07) is 14.6. The maximum absolute atomic E-state index is 12.5. The van der Waals surface area contributed by atoms with Crippen LogP contribution < -0.4 is 4.90 Å². The molecule has 38 heavy (non-hydrogen) atoms. The van der Waals surface area contributed by atoms with Crippen LogP contribution in [0, 0.1) is 11.3 Å². The number of hydrogen-bond donors (Lipinski definition) is 0. The highest BCUT2D eigenvalue weighted by molar-refractivity contribution is 5.85. The van der Waals surface area contributed by atoms with Gasteiger partial charge >= 0.3 is 6.09 Å². The Labute approximate surface area is 230 Å². The van der Waals surface area contributed by atoms with E-state index in [0.717, 1.165) is 53.7 Å². The molecular formula is C29H34ClN5O3. The van der Waals surface area contributed by atoms with Crippen LogP contribution in [0.1, 0.15) is 63.6 Å². The van der Waals surface area contributed by atoms with Crippen LogP contribution in [0.15, 0.2) is 40.9 Å². The number of piperidine rings is 1. The number of anilines is 1. The fraction of sp³-hybridized carbons (Fsp3) is 0.448. The summed E-state index contributed by atoms with van der Waals surface area (Å²) in [6.07, 6.45) is 3.95. The molecule has 3 heterocycles. The smallest absolute Gasteiger partial charge is 0.410 e. The molecule has 2 aromatic carbocycles. The van der Waals surface area contributed by atoms with Crippen molar-refractivity contribution < 1.29 is 14.1 Å². The number of hydrogen-bond acceptors (Lipinski definition) is 7. The minimum Gasteiger partial charge on any atom is -0.444 e. The standard InChI is InChI=1S/C29H33N5O3.ClH/c1-19-7-5-6-13-34(19)25-11-10-22(16-24(25)17-30)27-31-26(32-37-27)21-8-9-23-18-33(14-12-20(23)15-21)28(35)36-29(2,3)4;/h8-11,15-16,19H,5-7,12-14,18H2,1-4H3;1H. The lowest BCUT2D eigenvalue weighted by atomic mass is 9.97. The lowest BCUT2D eigenvalue weighted by molar-refractivity contribution is 0.0224. The van der Waals surface area contributed by atoms with Crippen molar-refractivity contribution in [2.75, 3.05) is 18.0 Å². The maximum atomic E-state index is 12.5. The summed E-state index contributed by atoms with van der Waals surface area (Å²) in [5, 5.41) is 14.0. The van der Waals surface area contributed by atoms with E-state index in [9.17, 15) is 10.1 Å². The molecule has 9 heteroatoms. The molecule has 1 saturated heterocycles. The van der Waals surface area contributed by atoms with Crippen molar-refractivity contribution in [2.24, 2.45) is 0 Å². The Morgan fingerprint density at radius 1 is 1.11 bits per heavy atom. The van der Waals surface area contributed by atoms with E-state index in [-0.39, 0.29) is 18.5 Å². The number of nitriles is 1. The van der Waals surface area contributed by atoms with Crippen LogP contribution in [0.5, 0.6) is 0 Å². The highest BCUT2D eigenvalue weighted by Gasteiger charge is 2.26. The Kier molecular flexibility index (Phi) is 7.98. The second kappa shape index (κ2) is 11.0. The Balaban J connectivity index is 0.00000336. The number of benzene rings is 2. The first-order valence-corrected chi connectivity index (χ1v) is 13.0. The van der Waals surface area contributed by atoms with Crippen molar-refractivity contribution >= 4 is 24.2 Å². The second-order valence-corrected chi connectivity index (χ2v) is 10.9. The number of carbonyl (C=O) groups excluding carboxylic acids is 1. The van der Waals surface area contributed by atoms with Gasteiger partial charge in [-0.05, 0) is 88.8 Å². The molecule has 2 aliphatic rings. The van der Waals surface area contributed by atoms with E-state index in [0.29, 0.717) is 36.4 Å². The number of rotatable bonds is 3. The van der Waals surface area contributed by atoms with Gasteiger partial charge in [-0.3, -0.25) is 0 Å². The summed E-state index contributed by atoms with van der Waals surface area (Å²) in [6.45, 7) is 9.92. The third kappa shape index (κ3) is 5.78. The second-order valence-electron chi connectivity index (χ2n) is 10.9. The molecule has 1 aromatic heterocycles. The number of ether oxygens (including phenoxy) is 1. The number of nitrogens with zero attached hydrogens (tertiary/aromatic N) is 5. The zero-order valence-corrected chi connectivity index (χ0v) is 23.2.